The molecule has 0 aliphatic heterocycles. The van der Waals surface area contributed by atoms with Crippen molar-refractivity contribution in [1.82, 2.24) is 9.97 Å². The minimum absolute atomic E-state index is 0. The van der Waals surface area contributed by atoms with Gasteiger partial charge in [0.25, 0.3) is 0 Å². The maximum atomic E-state index is 11.8. The summed E-state index contributed by atoms with van der Waals surface area (Å²) in [5, 5.41) is 6.25. The first-order valence-electron chi connectivity index (χ1n) is 10.1. The van der Waals surface area contributed by atoms with E-state index >= 15 is 0 Å². The minimum atomic E-state index is -0.378. The highest BCUT2D eigenvalue weighted by Crippen LogP contribution is 2.26. The molecule has 3 aromatic rings. The number of hydrogen-bond acceptors (Lipinski definition) is 9. The van der Waals surface area contributed by atoms with Crippen LogP contribution in [0.15, 0.2) is 48.5 Å². The summed E-state index contributed by atoms with van der Waals surface area (Å²) >= 11 is 0. The Labute approximate surface area is 198 Å². The number of esters is 2. The minimum Gasteiger partial charge on any atom is -1.00 e. The van der Waals surface area contributed by atoms with Crippen LogP contribution < -0.4 is 28.8 Å². The van der Waals surface area contributed by atoms with Crippen molar-refractivity contribution < 1.29 is 31.5 Å². The van der Waals surface area contributed by atoms with Crippen molar-refractivity contribution in [1.29, 1.82) is 0 Å². The molecule has 0 atom stereocenters. The van der Waals surface area contributed by atoms with Crippen LogP contribution in [0.25, 0.3) is 0 Å². The number of halogens is 1. The Bertz CT molecular complexity index is 1110. The van der Waals surface area contributed by atoms with Crippen molar-refractivity contribution in [2.75, 3.05) is 29.6 Å². The number of carbonyl (C=O) groups excluding carboxylic acids is 2. The number of benzene rings is 2. The Hall–Kier alpha value is -3.85. The van der Waals surface area contributed by atoms with Crippen molar-refractivity contribution in [3.63, 3.8) is 0 Å². The van der Waals surface area contributed by atoms with Gasteiger partial charge in [-0.1, -0.05) is 0 Å². The maximum absolute atomic E-state index is 11.8. The summed E-state index contributed by atoms with van der Waals surface area (Å²) in [7, 11) is 0. The highest BCUT2D eigenvalue weighted by molar-refractivity contribution is 5.90. The lowest BCUT2D eigenvalue weighted by molar-refractivity contribution is -0.0000420. The molecule has 3 rings (SSSR count). The second kappa shape index (κ2) is 11.7. The molecule has 0 amide bonds. The third kappa shape index (κ3) is 6.56. The van der Waals surface area contributed by atoms with Gasteiger partial charge in [-0.3, -0.25) is 0 Å². The van der Waals surface area contributed by atoms with Gasteiger partial charge >= 0.3 is 11.9 Å². The van der Waals surface area contributed by atoms with E-state index in [4.69, 9.17) is 15.2 Å². The standard InChI is InChI=1S/C23H25N5O4.ClH/c1-4-31-21(29)15-6-10-17(11-7-15)26-20-19(24)14(3)25-23(28-20)27-18-12-8-16(9-13-18)22(30)32-5-2;/h6-13H,4-5,24H2,1-3H3,(H2,25,26,27,28);1H/p-1. The van der Waals surface area contributed by atoms with Crippen molar-refractivity contribution in [3.8, 4) is 0 Å². The second-order valence-electron chi connectivity index (χ2n) is 6.74. The van der Waals surface area contributed by atoms with E-state index in [0.29, 0.717) is 58.9 Å². The number of carbonyl (C=O) groups is 2. The molecule has 0 saturated heterocycles. The molecule has 0 bridgehead atoms. The van der Waals surface area contributed by atoms with Gasteiger partial charge in [-0.15, -0.1) is 0 Å². The Morgan fingerprint density at radius 3 is 1.73 bits per heavy atom. The van der Waals surface area contributed by atoms with Crippen LogP contribution in [0.2, 0.25) is 0 Å². The molecule has 0 unspecified atom stereocenters. The number of aryl methyl sites for hydroxylation is 1. The monoisotopic (exact) mass is 470 g/mol. The average molecular weight is 471 g/mol. The Kier molecular flexibility index (Phi) is 8.99. The molecule has 1 heterocycles. The first-order valence-corrected chi connectivity index (χ1v) is 10.1. The lowest BCUT2D eigenvalue weighted by Gasteiger charge is -2.13. The summed E-state index contributed by atoms with van der Waals surface area (Å²) in [6.07, 6.45) is 0. The normalized spacial score (nSPS) is 10.0. The molecule has 4 N–H and O–H groups in total. The van der Waals surface area contributed by atoms with Gasteiger partial charge in [-0.2, -0.15) is 4.98 Å². The number of hydrogen-bond donors (Lipinski definition) is 3. The van der Waals surface area contributed by atoms with Crippen LogP contribution in [0, 0.1) is 6.92 Å². The molecule has 1 aromatic heterocycles. The predicted molar refractivity (Wildman–Crippen MR) is 123 cm³/mol. The third-order valence-corrected chi connectivity index (χ3v) is 4.45. The molecule has 0 radical (unpaired) electrons. The summed E-state index contributed by atoms with van der Waals surface area (Å²) in [6.45, 7) is 5.93. The summed E-state index contributed by atoms with van der Waals surface area (Å²) in [5.74, 6) is 0.00857. The number of nitrogen functional groups attached to an aromatic ring is 1. The lowest BCUT2D eigenvalue weighted by atomic mass is 10.2. The SMILES string of the molecule is CCOC(=O)c1ccc(Nc2nc(C)c(N)c(Nc3ccc(C(=O)OCC)cc3)n2)cc1.[Cl-]. The van der Waals surface area contributed by atoms with Crippen LogP contribution in [0.4, 0.5) is 28.8 Å². The Morgan fingerprint density at radius 1 is 0.818 bits per heavy atom. The number of ether oxygens (including phenoxy) is 2. The molecule has 174 valence electrons. The number of nitrogens with two attached hydrogens (primary N) is 1. The van der Waals surface area contributed by atoms with Crippen LogP contribution in [-0.2, 0) is 9.47 Å². The van der Waals surface area contributed by atoms with E-state index in [1.807, 2.05) is 0 Å². The fourth-order valence-electron chi connectivity index (χ4n) is 2.81. The van der Waals surface area contributed by atoms with Crippen LogP contribution >= 0.6 is 0 Å². The van der Waals surface area contributed by atoms with Gasteiger partial charge in [0.15, 0.2) is 5.82 Å². The molecular formula is C23H25ClN5O4-. The fourth-order valence-corrected chi connectivity index (χ4v) is 2.81. The number of aromatic nitrogens is 2. The molecule has 0 spiro atoms. The van der Waals surface area contributed by atoms with E-state index < -0.39 is 0 Å². The third-order valence-electron chi connectivity index (χ3n) is 4.45. The summed E-state index contributed by atoms with van der Waals surface area (Å²) in [4.78, 5) is 32.4. The van der Waals surface area contributed by atoms with Crippen molar-refractivity contribution in [2.24, 2.45) is 0 Å². The lowest BCUT2D eigenvalue weighted by Crippen LogP contribution is -3.00. The largest absolute Gasteiger partial charge is 1.00 e. The van der Waals surface area contributed by atoms with E-state index in [2.05, 4.69) is 20.6 Å². The van der Waals surface area contributed by atoms with Gasteiger partial charge in [0.2, 0.25) is 5.95 Å². The highest BCUT2D eigenvalue weighted by Gasteiger charge is 2.12. The van der Waals surface area contributed by atoms with E-state index in [1.54, 1.807) is 69.3 Å². The number of anilines is 5. The molecule has 2 aromatic carbocycles. The number of nitrogens with zero attached hydrogens (tertiary/aromatic N) is 2. The van der Waals surface area contributed by atoms with Crippen molar-refractivity contribution in [3.05, 3.63) is 65.4 Å². The fraction of sp³-hybridized carbons (Fsp3) is 0.217. The zero-order valence-corrected chi connectivity index (χ0v) is 19.3. The topological polar surface area (TPSA) is 128 Å². The number of rotatable bonds is 8. The predicted octanol–water partition coefficient (Wildman–Crippen LogP) is 1.21. The number of nitrogens with one attached hydrogen (secondary N) is 2. The van der Waals surface area contributed by atoms with Gasteiger partial charge in [-0.05, 0) is 69.3 Å². The first-order chi connectivity index (χ1) is 15.4. The van der Waals surface area contributed by atoms with Gasteiger partial charge < -0.3 is 38.2 Å². The van der Waals surface area contributed by atoms with Crippen LogP contribution in [0.3, 0.4) is 0 Å². The van der Waals surface area contributed by atoms with Crippen molar-refractivity contribution in [2.45, 2.75) is 20.8 Å². The summed E-state index contributed by atoms with van der Waals surface area (Å²) in [5.41, 5.74) is 9.47. The van der Waals surface area contributed by atoms with Gasteiger partial charge in [0.05, 0.1) is 35.7 Å². The summed E-state index contributed by atoms with van der Waals surface area (Å²) < 4.78 is 9.98. The van der Waals surface area contributed by atoms with Gasteiger partial charge in [-0.25, -0.2) is 14.6 Å². The van der Waals surface area contributed by atoms with Gasteiger partial charge in [0, 0.05) is 11.4 Å². The summed E-state index contributed by atoms with van der Waals surface area (Å²) in [6, 6.07) is 13.6. The zero-order chi connectivity index (χ0) is 23.1. The molecule has 33 heavy (non-hydrogen) atoms. The van der Waals surface area contributed by atoms with E-state index in [0.717, 1.165) is 0 Å². The first kappa shape index (κ1) is 25.4. The quantitative estimate of drug-likeness (QED) is 0.416. The molecule has 0 saturated carbocycles. The van der Waals surface area contributed by atoms with Crippen LogP contribution in [0.1, 0.15) is 40.3 Å². The molecule has 9 nitrogen and oxygen atoms in total. The maximum Gasteiger partial charge on any atom is 0.338 e. The average Bonchev–Trinajstić information content (AvgIpc) is 2.78. The van der Waals surface area contributed by atoms with Crippen LogP contribution in [0.5, 0.6) is 0 Å². The molecule has 0 fully saturated rings. The molecule has 10 heteroatoms. The van der Waals surface area contributed by atoms with E-state index in [9.17, 15) is 9.59 Å². The Balaban J connectivity index is 0.00000385. The zero-order valence-electron chi connectivity index (χ0n) is 18.5. The van der Waals surface area contributed by atoms with E-state index in [-0.39, 0.29) is 24.3 Å². The smallest absolute Gasteiger partial charge is 0.338 e. The molecular weight excluding hydrogens is 446 g/mol. The van der Waals surface area contributed by atoms with Crippen molar-refractivity contribution >= 4 is 40.8 Å². The highest BCUT2D eigenvalue weighted by atomic mass is 35.5. The Morgan fingerprint density at radius 2 is 1.27 bits per heavy atom. The van der Waals surface area contributed by atoms with Gasteiger partial charge in [0.1, 0.15) is 0 Å². The van der Waals surface area contributed by atoms with Crippen LogP contribution in [-0.4, -0.2) is 35.1 Å². The van der Waals surface area contributed by atoms with E-state index in [1.165, 1.54) is 0 Å². The second-order valence-corrected chi connectivity index (χ2v) is 6.74. The molecule has 0 aliphatic rings. The molecule has 0 aliphatic carbocycles.